The summed E-state index contributed by atoms with van der Waals surface area (Å²) in [5.41, 5.74) is 6.42. The van der Waals surface area contributed by atoms with Crippen LogP contribution in [0.25, 0.3) is 0 Å². The number of carbonyl (C=O) groups excluding carboxylic acids is 1. The lowest BCUT2D eigenvalue weighted by atomic mass is 9.91. The lowest BCUT2D eigenvalue weighted by Gasteiger charge is -2.48. The van der Waals surface area contributed by atoms with Gasteiger partial charge in [-0.1, -0.05) is 30.3 Å². The van der Waals surface area contributed by atoms with E-state index in [1.54, 1.807) is 0 Å². The van der Waals surface area contributed by atoms with Gasteiger partial charge in [-0.15, -0.1) is 12.4 Å². The maximum Gasteiger partial charge on any atom is 0.123 e. The van der Waals surface area contributed by atoms with Crippen LogP contribution in [0.1, 0.15) is 12.0 Å². The number of nitrogens with two attached hydrogens (primary N) is 1. The fraction of sp³-hybridized carbons (Fsp3) is 0.417. The number of aliphatic hydroxyl groups excluding tert-OH is 1. The highest BCUT2D eigenvalue weighted by atomic mass is 35.5. The van der Waals surface area contributed by atoms with Crippen LogP contribution in [-0.4, -0.2) is 35.5 Å². The zero-order chi connectivity index (χ0) is 11.6. The van der Waals surface area contributed by atoms with Gasteiger partial charge in [-0.25, -0.2) is 0 Å². The molecule has 5 heteroatoms. The Bertz CT molecular complexity index is 368. The molecule has 1 aliphatic heterocycles. The van der Waals surface area contributed by atoms with Gasteiger partial charge < -0.3 is 15.6 Å². The molecule has 1 saturated heterocycles. The minimum atomic E-state index is -0.776. The first-order valence-electron chi connectivity index (χ1n) is 5.38. The summed E-state index contributed by atoms with van der Waals surface area (Å²) in [6, 6.07) is 9.54. The van der Waals surface area contributed by atoms with Gasteiger partial charge in [-0.3, -0.25) is 4.90 Å². The molecule has 0 spiro atoms. The van der Waals surface area contributed by atoms with Gasteiger partial charge in [0.1, 0.15) is 11.9 Å². The van der Waals surface area contributed by atoms with Crippen LogP contribution < -0.4 is 5.73 Å². The molecule has 0 bridgehead atoms. The molecule has 1 unspecified atom stereocenters. The summed E-state index contributed by atoms with van der Waals surface area (Å²) in [6.07, 6.45) is 0.750. The first kappa shape index (κ1) is 14.1. The summed E-state index contributed by atoms with van der Waals surface area (Å²) < 4.78 is 0. The van der Waals surface area contributed by atoms with Crippen molar-refractivity contribution < 1.29 is 9.90 Å². The number of benzene rings is 1. The number of nitrogens with zero attached hydrogens (tertiary/aromatic N) is 1. The SMILES string of the molecule is Cl.NC(CC=O)(c1ccccc1)N1CC(O)C1. The van der Waals surface area contributed by atoms with Crippen LogP contribution in [0.2, 0.25) is 0 Å². The summed E-state index contributed by atoms with van der Waals surface area (Å²) in [7, 11) is 0. The number of carbonyl (C=O) groups is 1. The van der Waals surface area contributed by atoms with Crippen LogP contribution in [-0.2, 0) is 10.5 Å². The number of aliphatic hydroxyl groups is 1. The Morgan fingerprint density at radius 2 is 2.00 bits per heavy atom. The van der Waals surface area contributed by atoms with Gasteiger partial charge >= 0.3 is 0 Å². The number of halogens is 1. The molecule has 2 rings (SSSR count). The molecule has 0 aromatic heterocycles. The quantitative estimate of drug-likeness (QED) is 0.770. The molecule has 1 aromatic carbocycles. The van der Waals surface area contributed by atoms with Crippen molar-refractivity contribution in [3.05, 3.63) is 35.9 Å². The number of hydrogen-bond acceptors (Lipinski definition) is 4. The van der Waals surface area contributed by atoms with E-state index < -0.39 is 5.66 Å². The molecule has 1 aromatic rings. The fourth-order valence-electron chi connectivity index (χ4n) is 2.06. The van der Waals surface area contributed by atoms with Gasteiger partial charge in [0.2, 0.25) is 0 Å². The molecular formula is C12H17ClN2O2. The van der Waals surface area contributed by atoms with Crippen molar-refractivity contribution in [2.75, 3.05) is 13.1 Å². The summed E-state index contributed by atoms with van der Waals surface area (Å²) in [5, 5.41) is 9.31. The summed E-state index contributed by atoms with van der Waals surface area (Å²) in [4.78, 5) is 12.7. The van der Waals surface area contributed by atoms with Gasteiger partial charge in [-0.2, -0.15) is 0 Å². The molecule has 4 nitrogen and oxygen atoms in total. The van der Waals surface area contributed by atoms with Crippen LogP contribution in [0.3, 0.4) is 0 Å². The lowest BCUT2D eigenvalue weighted by molar-refractivity contribution is -0.116. The Morgan fingerprint density at radius 3 is 2.47 bits per heavy atom. The van der Waals surface area contributed by atoms with E-state index in [0.717, 1.165) is 11.8 Å². The molecule has 0 radical (unpaired) electrons. The lowest BCUT2D eigenvalue weighted by Crippen LogP contribution is -2.64. The van der Waals surface area contributed by atoms with E-state index in [4.69, 9.17) is 5.73 Å². The summed E-state index contributed by atoms with van der Waals surface area (Å²) >= 11 is 0. The van der Waals surface area contributed by atoms with Crippen molar-refractivity contribution in [2.24, 2.45) is 5.73 Å². The van der Waals surface area contributed by atoms with E-state index in [0.29, 0.717) is 13.1 Å². The number of likely N-dealkylation sites (tertiary alicyclic amines) is 1. The van der Waals surface area contributed by atoms with Crippen LogP contribution in [0.4, 0.5) is 0 Å². The van der Waals surface area contributed by atoms with Crippen molar-refractivity contribution in [1.82, 2.24) is 4.90 Å². The Balaban J connectivity index is 0.00000144. The van der Waals surface area contributed by atoms with E-state index in [9.17, 15) is 9.90 Å². The second-order valence-electron chi connectivity index (χ2n) is 4.22. The van der Waals surface area contributed by atoms with Crippen LogP contribution in [0, 0.1) is 0 Å². The van der Waals surface area contributed by atoms with E-state index in [1.807, 2.05) is 35.2 Å². The fourth-order valence-corrected chi connectivity index (χ4v) is 2.06. The number of hydrogen-bond donors (Lipinski definition) is 2. The first-order valence-corrected chi connectivity index (χ1v) is 5.38. The summed E-state index contributed by atoms with van der Waals surface area (Å²) in [6.45, 7) is 1.05. The Morgan fingerprint density at radius 1 is 1.41 bits per heavy atom. The summed E-state index contributed by atoms with van der Waals surface area (Å²) in [5.74, 6) is 0. The van der Waals surface area contributed by atoms with Gasteiger partial charge in [0.15, 0.2) is 0 Å². The van der Waals surface area contributed by atoms with Crippen molar-refractivity contribution in [1.29, 1.82) is 0 Å². The van der Waals surface area contributed by atoms with E-state index >= 15 is 0 Å². The molecule has 0 saturated carbocycles. The van der Waals surface area contributed by atoms with E-state index in [2.05, 4.69) is 0 Å². The first-order chi connectivity index (χ1) is 7.66. The van der Waals surface area contributed by atoms with Crippen LogP contribution >= 0.6 is 12.4 Å². The molecule has 0 aliphatic carbocycles. The van der Waals surface area contributed by atoms with Crippen LogP contribution in [0.5, 0.6) is 0 Å². The molecule has 17 heavy (non-hydrogen) atoms. The smallest absolute Gasteiger partial charge is 0.123 e. The second kappa shape index (κ2) is 5.60. The number of aldehydes is 1. The van der Waals surface area contributed by atoms with Crippen molar-refractivity contribution in [3.8, 4) is 0 Å². The standard InChI is InChI=1S/C12H16N2O2.ClH/c13-12(6-7-15,14-8-11(16)9-14)10-4-2-1-3-5-10;/h1-5,7,11,16H,6,8-9,13H2;1H. The predicted octanol–water partition coefficient (Wildman–Crippen LogP) is 0.485. The molecule has 94 valence electrons. The highest BCUT2D eigenvalue weighted by Crippen LogP contribution is 2.30. The van der Waals surface area contributed by atoms with Crippen molar-refractivity contribution in [3.63, 3.8) is 0 Å². The largest absolute Gasteiger partial charge is 0.390 e. The third kappa shape index (κ3) is 2.66. The van der Waals surface area contributed by atoms with Gasteiger partial charge in [-0.05, 0) is 5.56 Å². The van der Waals surface area contributed by atoms with E-state index in [1.165, 1.54) is 0 Å². The Hall–Kier alpha value is -0.940. The third-order valence-electron chi connectivity index (χ3n) is 3.09. The van der Waals surface area contributed by atoms with Gasteiger partial charge in [0.05, 0.1) is 6.10 Å². The highest BCUT2D eigenvalue weighted by Gasteiger charge is 2.41. The molecule has 3 N–H and O–H groups in total. The molecule has 1 aliphatic rings. The Kier molecular flexibility index (Phi) is 4.65. The van der Waals surface area contributed by atoms with Crippen molar-refractivity contribution >= 4 is 18.7 Å². The average Bonchev–Trinajstić information content (AvgIpc) is 2.26. The van der Waals surface area contributed by atoms with Crippen LogP contribution in [0.15, 0.2) is 30.3 Å². The normalized spacial score (nSPS) is 19.9. The zero-order valence-electron chi connectivity index (χ0n) is 9.45. The number of β-amino-alcohol motifs (C(OH)–C–C–N with tert-alkyl or cyclic N) is 1. The molecule has 1 fully saturated rings. The Labute approximate surface area is 107 Å². The third-order valence-corrected chi connectivity index (χ3v) is 3.09. The molecule has 0 amide bonds. The maximum atomic E-state index is 10.8. The monoisotopic (exact) mass is 256 g/mol. The van der Waals surface area contributed by atoms with Gasteiger partial charge in [0, 0.05) is 19.5 Å². The number of rotatable bonds is 4. The van der Waals surface area contributed by atoms with Gasteiger partial charge in [0.25, 0.3) is 0 Å². The predicted molar refractivity (Wildman–Crippen MR) is 67.8 cm³/mol. The molecule has 1 atom stereocenters. The topological polar surface area (TPSA) is 66.6 Å². The van der Waals surface area contributed by atoms with Crippen molar-refractivity contribution in [2.45, 2.75) is 18.2 Å². The minimum Gasteiger partial charge on any atom is -0.390 e. The molecule has 1 heterocycles. The zero-order valence-corrected chi connectivity index (χ0v) is 10.3. The minimum absolute atomic E-state index is 0. The molecular weight excluding hydrogens is 240 g/mol. The highest BCUT2D eigenvalue weighted by molar-refractivity contribution is 5.85. The second-order valence-corrected chi connectivity index (χ2v) is 4.22. The average molecular weight is 257 g/mol. The maximum absolute atomic E-state index is 10.8. The van der Waals surface area contributed by atoms with E-state index in [-0.39, 0.29) is 24.9 Å².